The molecule has 0 spiro atoms. The summed E-state index contributed by atoms with van der Waals surface area (Å²) in [7, 11) is 0. The summed E-state index contributed by atoms with van der Waals surface area (Å²) in [6.07, 6.45) is -22.6. The zero-order valence-corrected chi connectivity index (χ0v) is 17.4. The molecule has 0 saturated carbocycles. The van der Waals surface area contributed by atoms with Crippen molar-refractivity contribution in [2.24, 2.45) is 0 Å². The Morgan fingerprint density at radius 2 is 1.06 bits per heavy atom. The minimum Gasteiger partial charge on any atom is -0.394 e. The summed E-state index contributed by atoms with van der Waals surface area (Å²) < 4.78 is 27.0. The molecule has 0 aromatic heterocycles. The van der Waals surface area contributed by atoms with Crippen LogP contribution in [-0.2, 0) is 23.7 Å². The Morgan fingerprint density at radius 1 is 0.562 bits per heavy atom. The Hall–Kier alpha value is -0.560. The van der Waals surface area contributed by atoms with Crippen LogP contribution in [0.1, 0.15) is 13.8 Å². The molecule has 0 aliphatic carbocycles. The zero-order chi connectivity index (χ0) is 23.9. The summed E-state index contributed by atoms with van der Waals surface area (Å²) in [6.45, 7) is 2.13. The highest BCUT2D eigenvalue weighted by Crippen LogP contribution is 2.32. The third-order valence-corrected chi connectivity index (χ3v) is 6.02. The van der Waals surface area contributed by atoms with Crippen LogP contribution in [0.25, 0.3) is 0 Å². The van der Waals surface area contributed by atoms with Crippen molar-refractivity contribution in [1.29, 1.82) is 0 Å². The number of aliphatic hydroxyl groups excluding tert-OH is 9. The largest absolute Gasteiger partial charge is 0.394 e. The molecule has 3 saturated heterocycles. The van der Waals surface area contributed by atoms with Gasteiger partial charge in [-0.15, -0.1) is 0 Å². The van der Waals surface area contributed by atoms with E-state index in [1.54, 1.807) is 0 Å². The van der Waals surface area contributed by atoms with E-state index in [0.29, 0.717) is 0 Å². The van der Waals surface area contributed by atoms with Gasteiger partial charge in [0.15, 0.2) is 18.9 Å². The van der Waals surface area contributed by atoms with Crippen molar-refractivity contribution in [2.45, 2.75) is 106 Å². The van der Waals surface area contributed by atoms with E-state index in [4.69, 9.17) is 23.7 Å². The van der Waals surface area contributed by atoms with Crippen molar-refractivity contribution in [3.63, 3.8) is 0 Å². The highest BCUT2D eigenvalue weighted by atomic mass is 16.8. The van der Waals surface area contributed by atoms with Crippen LogP contribution in [0.4, 0.5) is 0 Å². The molecule has 9 N–H and O–H groups in total. The highest BCUT2D eigenvalue weighted by molar-refractivity contribution is 4.95. The fourth-order valence-electron chi connectivity index (χ4n) is 3.92. The lowest BCUT2D eigenvalue weighted by Gasteiger charge is -2.47. The van der Waals surface area contributed by atoms with Crippen LogP contribution in [0.5, 0.6) is 0 Å². The number of hydrogen-bond donors (Lipinski definition) is 9. The Bertz CT molecular complexity index is 608. The second-order valence-corrected chi connectivity index (χ2v) is 8.30. The van der Waals surface area contributed by atoms with Gasteiger partial charge in [-0.25, -0.2) is 0 Å². The SMILES string of the molecule is C[C@@H]1O[C@@H](O[C@@H]2[C@@H](O[C@H]3O[C@H](CO)[C@H](O)[C@H](O)[C@H]3O)[C@@H](O)[C@@H](C)O[C@H]2O)[C@@H](O)[C@H](O)[C@@H]1O. The monoisotopic (exact) mass is 472 g/mol. The van der Waals surface area contributed by atoms with Crippen LogP contribution in [0.15, 0.2) is 0 Å². The van der Waals surface area contributed by atoms with Gasteiger partial charge in [0, 0.05) is 0 Å². The molecule has 0 aromatic carbocycles. The first-order valence-corrected chi connectivity index (χ1v) is 10.3. The molecule has 0 unspecified atom stereocenters. The number of hydrogen-bond acceptors (Lipinski definition) is 14. The maximum Gasteiger partial charge on any atom is 0.187 e. The highest BCUT2D eigenvalue weighted by Gasteiger charge is 2.52. The van der Waals surface area contributed by atoms with Gasteiger partial charge in [-0.1, -0.05) is 0 Å². The van der Waals surface area contributed by atoms with Crippen molar-refractivity contribution in [1.82, 2.24) is 0 Å². The fourth-order valence-corrected chi connectivity index (χ4v) is 3.92. The molecule has 0 aromatic rings. The van der Waals surface area contributed by atoms with Gasteiger partial charge >= 0.3 is 0 Å². The topological polar surface area (TPSA) is 228 Å². The lowest BCUT2D eigenvalue weighted by Crippen LogP contribution is -2.66. The van der Waals surface area contributed by atoms with Crippen LogP contribution in [-0.4, -0.2) is 145 Å². The van der Waals surface area contributed by atoms with Gasteiger partial charge in [0.1, 0.15) is 61.0 Å². The molecule has 0 amide bonds. The molecule has 3 heterocycles. The maximum atomic E-state index is 10.6. The van der Waals surface area contributed by atoms with Crippen molar-refractivity contribution < 1.29 is 69.6 Å². The smallest absolute Gasteiger partial charge is 0.187 e. The number of aliphatic hydroxyl groups is 9. The lowest BCUT2D eigenvalue weighted by molar-refractivity contribution is -0.384. The normalized spacial score (nSPS) is 55.0. The van der Waals surface area contributed by atoms with E-state index in [1.165, 1.54) is 13.8 Å². The van der Waals surface area contributed by atoms with Gasteiger partial charge in [0.05, 0.1) is 18.8 Å². The third-order valence-electron chi connectivity index (χ3n) is 6.02. The van der Waals surface area contributed by atoms with E-state index in [2.05, 4.69) is 0 Å². The molecular weight excluding hydrogens is 440 g/mol. The molecule has 14 heteroatoms. The Morgan fingerprint density at radius 3 is 1.66 bits per heavy atom. The van der Waals surface area contributed by atoms with Crippen LogP contribution < -0.4 is 0 Å². The second-order valence-electron chi connectivity index (χ2n) is 8.30. The average Bonchev–Trinajstić information content (AvgIpc) is 2.76. The summed E-state index contributed by atoms with van der Waals surface area (Å²) in [5.74, 6) is 0. The van der Waals surface area contributed by atoms with Crippen LogP contribution in [0, 0.1) is 0 Å². The van der Waals surface area contributed by atoms with Gasteiger partial charge in [-0.2, -0.15) is 0 Å². The quantitative estimate of drug-likeness (QED) is 0.182. The minimum absolute atomic E-state index is 0.708. The lowest BCUT2D eigenvalue weighted by atomic mass is 9.96. The molecule has 3 rings (SSSR count). The van der Waals surface area contributed by atoms with Gasteiger partial charge in [0.25, 0.3) is 0 Å². The maximum absolute atomic E-state index is 10.6. The summed E-state index contributed by atoms with van der Waals surface area (Å²) in [6, 6.07) is 0. The minimum atomic E-state index is -1.79. The van der Waals surface area contributed by atoms with Crippen molar-refractivity contribution >= 4 is 0 Å². The Kier molecular flexibility index (Phi) is 8.44. The van der Waals surface area contributed by atoms with Crippen molar-refractivity contribution in [3.8, 4) is 0 Å². The standard InChI is InChI=1S/C18H32O14/c1-4-7(20)10(23)12(25)17(29-4)32-15-14(8(21)5(2)28-16(15)27)31-18-13(26)11(24)9(22)6(3-19)30-18/h4-27H,3H2,1-2H3/t4-,5+,6+,7+,8-,9-,10+,11-,12-,13+,14-,15+,16+,17-,18+/m0/s1. The van der Waals surface area contributed by atoms with E-state index in [-0.39, 0.29) is 0 Å². The molecule has 3 aliphatic heterocycles. The van der Waals surface area contributed by atoms with E-state index < -0.39 is 98.7 Å². The summed E-state index contributed by atoms with van der Waals surface area (Å²) in [4.78, 5) is 0. The molecule has 14 nitrogen and oxygen atoms in total. The molecule has 32 heavy (non-hydrogen) atoms. The Labute approximate surface area is 183 Å². The van der Waals surface area contributed by atoms with E-state index in [9.17, 15) is 46.0 Å². The van der Waals surface area contributed by atoms with Gasteiger partial charge in [-0.3, -0.25) is 0 Å². The summed E-state index contributed by atoms with van der Waals surface area (Å²) >= 11 is 0. The first-order valence-electron chi connectivity index (χ1n) is 10.3. The van der Waals surface area contributed by atoms with E-state index >= 15 is 0 Å². The summed E-state index contributed by atoms with van der Waals surface area (Å²) in [5, 5.41) is 90.5. The average molecular weight is 472 g/mol. The van der Waals surface area contributed by atoms with Crippen molar-refractivity contribution in [3.05, 3.63) is 0 Å². The van der Waals surface area contributed by atoms with Gasteiger partial charge in [-0.05, 0) is 13.8 Å². The molecule has 15 atom stereocenters. The second kappa shape index (κ2) is 10.4. The van der Waals surface area contributed by atoms with Gasteiger partial charge in [0.2, 0.25) is 0 Å². The molecule has 188 valence electrons. The van der Waals surface area contributed by atoms with Crippen LogP contribution in [0.3, 0.4) is 0 Å². The van der Waals surface area contributed by atoms with Gasteiger partial charge < -0.3 is 69.6 Å². The van der Waals surface area contributed by atoms with Crippen LogP contribution in [0.2, 0.25) is 0 Å². The van der Waals surface area contributed by atoms with E-state index in [1.807, 2.05) is 0 Å². The first kappa shape index (κ1) is 26.1. The first-order chi connectivity index (χ1) is 15.0. The molecule has 0 radical (unpaired) electrons. The van der Waals surface area contributed by atoms with Crippen LogP contribution >= 0.6 is 0 Å². The zero-order valence-electron chi connectivity index (χ0n) is 17.4. The predicted molar refractivity (Wildman–Crippen MR) is 98.4 cm³/mol. The molecule has 0 bridgehead atoms. The predicted octanol–water partition coefficient (Wildman–Crippen LogP) is -5.52. The van der Waals surface area contributed by atoms with E-state index in [0.717, 1.165) is 0 Å². The molecule has 3 fully saturated rings. The number of ether oxygens (including phenoxy) is 5. The van der Waals surface area contributed by atoms with Crippen molar-refractivity contribution in [2.75, 3.05) is 6.61 Å². The molecular formula is C18H32O14. The fraction of sp³-hybridized carbons (Fsp3) is 1.00. The molecule has 3 aliphatic rings. The Balaban J connectivity index is 1.79. The third kappa shape index (κ3) is 4.94. The summed E-state index contributed by atoms with van der Waals surface area (Å²) in [5.41, 5.74) is 0. The number of rotatable bonds is 5.